The van der Waals surface area contributed by atoms with E-state index in [0.29, 0.717) is 29.7 Å². The second-order valence-electron chi connectivity index (χ2n) is 19.5. The summed E-state index contributed by atoms with van der Waals surface area (Å²) >= 11 is 6.41. The van der Waals surface area contributed by atoms with Gasteiger partial charge in [0.15, 0.2) is 5.78 Å². The van der Waals surface area contributed by atoms with Gasteiger partial charge in [-0.05, 0) is 134 Å². The summed E-state index contributed by atoms with van der Waals surface area (Å²) < 4.78 is 26.5. The Balaban J connectivity index is 1.21. The van der Waals surface area contributed by atoms with Crippen LogP contribution >= 0.6 is 11.6 Å². The fraction of sp³-hybridized carbons (Fsp3) is 0.698. The van der Waals surface area contributed by atoms with Crippen LogP contribution in [0.4, 0.5) is 4.39 Å². The molecule has 10 heteroatoms. The van der Waals surface area contributed by atoms with Gasteiger partial charge >= 0.3 is 11.9 Å². The van der Waals surface area contributed by atoms with Crippen molar-refractivity contribution in [1.29, 1.82) is 0 Å². The van der Waals surface area contributed by atoms with E-state index < -0.39 is 28.6 Å². The first-order chi connectivity index (χ1) is 24.6. The molecule has 0 amide bonds. The largest absolute Gasteiger partial charge is 0.481 e. The summed E-state index contributed by atoms with van der Waals surface area (Å²) in [5.74, 6) is -0.0214. The molecular formula is C43H56ClFN2O6. The fourth-order valence-corrected chi connectivity index (χ4v) is 13.1. The van der Waals surface area contributed by atoms with Crippen LogP contribution < -0.4 is 0 Å². The van der Waals surface area contributed by atoms with Crippen LogP contribution in [-0.2, 0) is 24.5 Å². The predicted octanol–water partition coefficient (Wildman–Crippen LogP) is 10.2. The highest BCUT2D eigenvalue weighted by atomic mass is 35.5. The third kappa shape index (κ3) is 5.50. The molecule has 0 bridgehead atoms. The van der Waals surface area contributed by atoms with Crippen LogP contribution in [0.25, 0.3) is 11.5 Å². The Kier molecular flexibility index (Phi) is 8.99. The number of benzene rings is 1. The van der Waals surface area contributed by atoms with E-state index >= 15 is 0 Å². The lowest BCUT2D eigenvalue weighted by atomic mass is 9.33. The number of carboxylic acid groups (broad SMARTS) is 1. The number of carboxylic acids is 1. The molecule has 5 aliphatic rings. The minimum absolute atomic E-state index is 0.000792. The molecule has 5 aliphatic carbocycles. The van der Waals surface area contributed by atoms with Gasteiger partial charge in [-0.1, -0.05) is 60.1 Å². The number of aliphatic carboxylic acids is 1. The highest BCUT2D eigenvalue weighted by Crippen LogP contribution is 2.76. The van der Waals surface area contributed by atoms with Gasteiger partial charge in [0.2, 0.25) is 11.8 Å². The van der Waals surface area contributed by atoms with Crippen molar-refractivity contribution in [3.05, 3.63) is 46.1 Å². The number of ether oxygens (including phenoxy) is 1. The predicted molar refractivity (Wildman–Crippen MR) is 199 cm³/mol. The molecule has 8 unspecified atom stereocenters. The number of rotatable bonds is 7. The Morgan fingerprint density at radius 1 is 1.00 bits per heavy atom. The molecular weight excluding hydrogens is 695 g/mol. The summed E-state index contributed by atoms with van der Waals surface area (Å²) in [6.45, 7) is 19.4. The van der Waals surface area contributed by atoms with Gasteiger partial charge in [-0.3, -0.25) is 14.4 Å². The lowest BCUT2D eigenvalue weighted by Gasteiger charge is -2.72. The van der Waals surface area contributed by atoms with E-state index in [1.54, 1.807) is 19.9 Å². The molecule has 8 atom stereocenters. The van der Waals surface area contributed by atoms with E-state index in [1.165, 1.54) is 17.7 Å². The number of carbonyl (C=O) groups excluding carboxylic acids is 2. The first kappa shape index (κ1) is 38.2. The minimum Gasteiger partial charge on any atom is -0.481 e. The highest BCUT2D eigenvalue weighted by Gasteiger charge is 2.71. The smallest absolute Gasteiger partial charge is 0.309 e. The van der Waals surface area contributed by atoms with Crippen molar-refractivity contribution in [2.24, 2.45) is 50.7 Å². The van der Waals surface area contributed by atoms with E-state index in [0.717, 1.165) is 56.9 Å². The summed E-state index contributed by atoms with van der Waals surface area (Å²) in [5, 5.41) is 18.8. The van der Waals surface area contributed by atoms with Crippen LogP contribution in [0.1, 0.15) is 132 Å². The molecule has 1 heterocycles. The fourth-order valence-electron chi connectivity index (χ4n) is 12.9. The molecule has 0 aliphatic heterocycles. The number of Topliss-reactive ketones (excluding diaryl/α,β-unsaturated/α-hetero) is 1. The van der Waals surface area contributed by atoms with Gasteiger partial charge in [0.25, 0.3) is 0 Å². The normalized spacial score (nSPS) is 36.4. The SMILES string of the molecule is CC(C)C1=C2C3CCC4C5(C)CCC(OC(=O)CC(C)(C)C(=O)O)C(C)(C)C5CCC4(C)C3(C)CCC2(c2nnc(-c3ccc(F)cc3Cl)o2)CC1=O. The van der Waals surface area contributed by atoms with E-state index in [2.05, 4.69) is 58.7 Å². The van der Waals surface area contributed by atoms with Gasteiger partial charge < -0.3 is 14.3 Å². The second kappa shape index (κ2) is 12.5. The molecule has 1 aromatic carbocycles. The Hall–Kier alpha value is -3.07. The number of fused-ring (bicyclic) bond motifs is 7. The summed E-state index contributed by atoms with van der Waals surface area (Å²) in [6, 6.07) is 4.12. The van der Waals surface area contributed by atoms with Crippen LogP contribution in [0, 0.1) is 56.6 Å². The van der Waals surface area contributed by atoms with Crippen molar-refractivity contribution in [2.75, 3.05) is 0 Å². The van der Waals surface area contributed by atoms with Crippen LogP contribution in [-0.4, -0.2) is 39.1 Å². The molecule has 4 fully saturated rings. The topological polar surface area (TPSA) is 120 Å². The minimum atomic E-state index is -1.18. The van der Waals surface area contributed by atoms with Gasteiger partial charge in [0, 0.05) is 11.8 Å². The first-order valence-corrected chi connectivity index (χ1v) is 20.0. The van der Waals surface area contributed by atoms with Gasteiger partial charge in [-0.25, -0.2) is 4.39 Å². The van der Waals surface area contributed by atoms with Crippen LogP contribution in [0.3, 0.4) is 0 Å². The van der Waals surface area contributed by atoms with E-state index in [-0.39, 0.29) is 62.7 Å². The molecule has 8 nitrogen and oxygen atoms in total. The van der Waals surface area contributed by atoms with Crippen LogP contribution in [0.2, 0.25) is 5.02 Å². The maximum atomic E-state index is 14.1. The molecule has 0 radical (unpaired) electrons. The Labute approximate surface area is 318 Å². The third-order valence-corrected chi connectivity index (χ3v) is 16.1. The molecule has 1 aromatic heterocycles. The zero-order chi connectivity index (χ0) is 38.7. The molecule has 2 aromatic rings. The number of carbonyl (C=O) groups is 3. The van der Waals surface area contributed by atoms with Gasteiger partial charge in [-0.15, -0.1) is 10.2 Å². The lowest BCUT2D eigenvalue weighted by molar-refractivity contribution is -0.232. The average molecular weight is 751 g/mol. The highest BCUT2D eigenvalue weighted by molar-refractivity contribution is 6.33. The molecule has 1 N–H and O–H groups in total. The van der Waals surface area contributed by atoms with Gasteiger partial charge in [0.1, 0.15) is 11.9 Å². The summed E-state index contributed by atoms with van der Waals surface area (Å²) in [6.07, 6.45) is 7.31. The Morgan fingerprint density at radius 3 is 2.38 bits per heavy atom. The number of halogens is 2. The number of allylic oxidation sites excluding steroid dienone is 2. The Bertz CT molecular complexity index is 1900. The zero-order valence-electron chi connectivity index (χ0n) is 32.8. The monoisotopic (exact) mass is 750 g/mol. The second-order valence-corrected chi connectivity index (χ2v) is 19.9. The number of hydrogen-bond acceptors (Lipinski definition) is 7. The van der Waals surface area contributed by atoms with Gasteiger partial charge in [0.05, 0.1) is 27.8 Å². The molecule has 0 saturated heterocycles. The Morgan fingerprint density at radius 2 is 1.72 bits per heavy atom. The van der Waals surface area contributed by atoms with Crippen LogP contribution in [0.15, 0.2) is 33.8 Å². The summed E-state index contributed by atoms with van der Waals surface area (Å²) in [7, 11) is 0. The van der Waals surface area contributed by atoms with Crippen molar-refractivity contribution < 1.29 is 33.0 Å². The standard InChI is InChI=1S/C43H56ClFN2O6/c1-23(2)33-28(48)21-43(36-47-46-35(53-36)25-11-10-24(45)20-27(25)44)19-18-41(8)26(34(33)43)12-13-30-40(7)16-15-31(52-32(49)22-38(3,4)37(50)51)39(5,6)29(40)14-17-42(30,41)9/h10-11,20,23,26,29-31H,12-19,21-22H2,1-9H3,(H,50,51). The van der Waals surface area contributed by atoms with Crippen molar-refractivity contribution >= 4 is 29.3 Å². The third-order valence-electron chi connectivity index (χ3n) is 15.8. The molecule has 53 heavy (non-hydrogen) atoms. The van der Waals surface area contributed by atoms with Crippen molar-refractivity contribution in [1.82, 2.24) is 10.2 Å². The summed E-state index contributed by atoms with van der Waals surface area (Å²) in [4.78, 5) is 39.0. The van der Waals surface area contributed by atoms with E-state index in [1.807, 2.05) is 0 Å². The number of esters is 1. The number of aromatic nitrogens is 2. The van der Waals surface area contributed by atoms with Crippen LogP contribution in [0.5, 0.6) is 0 Å². The first-order valence-electron chi connectivity index (χ1n) is 19.6. The molecule has 4 saturated carbocycles. The zero-order valence-corrected chi connectivity index (χ0v) is 33.6. The van der Waals surface area contributed by atoms with Crippen molar-refractivity contribution in [2.45, 2.75) is 138 Å². The molecule has 0 spiro atoms. The molecule has 288 valence electrons. The lowest BCUT2D eigenvalue weighted by Crippen LogP contribution is -2.66. The average Bonchev–Trinajstić information content (AvgIpc) is 3.66. The van der Waals surface area contributed by atoms with E-state index in [4.69, 9.17) is 20.8 Å². The maximum absolute atomic E-state index is 14.1. The number of ketones is 1. The van der Waals surface area contributed by atoms with Crippen molar-refractivity contribution in [3.8, 4) is 11.5 Å². The van der Waals surface area contributed by atoms with Gasteiger partial charge in [-0.2, -0.15) is 0 Å². The van der Waals surface area contributed by atoms with E-state index in [9.17, 15) is 23.9 Å². The quantitative estimate of drug-likeness (QED) is 0.278. The number of hydrogen-bond donors (Lipinski definition) is 1. The summed E-state index contributed by atoms with van der Waals surface area (Å²) in [5.41, 5.74) is 0.423. The maximum Gasteiger partial charge on any atom is 0.309 e. The molecule has 7 rings (SSSR count). The number of nitrogens with zero attached hydrogens (tertiary/aromatic N) is 2. The van der Waals surface area contributed by atoms with Crippen molar-refractivity contribution in [3.63, 3.8) is 0 Å².